The number of rotatable bonds is 7. The van der Waals surface area contributed by atoms with Crippen LogP contribution in [-0.4, -0.2) is 58.0 Å². The Morgan fingerprint density at radius 2 is 2.15 bits per heavy atom. The first-order valence-electron chi connectivity index (χ1n) is 7.93. The van der Waals surface area contributed by atoms with Crippen LogP contribution in [0.25, 0.3) is 0 Å². The third-order valence-corrected chi connectivity index (χ3v) is 6.34. The van der Waals surface area contributed by atoms with E-state index in [0.29, 0.717) is 15.7 Å². The Morgan fingerprint density at radius 1 is 1.41 bits per heavy atom. The number of hydrogen-bond acceptors (Lipinski definition) is 7. The molecule has 2 aliphatic rings. The van der Waals surface area contributed by atoms with Gasteiger partial charge in [-0.1, -0.05) is 18.2 Å². The molecule has 27 heavy (non-hydrogen) atoms. The summed E-state index contributed by atoms with van der Waals surface area (Å²) in [7, 11) is 0. The molecule has 0 saturated carbocycles. The van der Waals surface area contributed by atoms with E-state index >= 15 is 0 Å². The number of nitrogens with zero attached hydrogens (tertiary/aromatic N) is 2. The molecule has 0 bridgehead atoms. The number of amides is 2. The number of ether oxygens (including phenoxy) is 1. The van der Waals surface area contributed by atoms with E-state index < -0.39 is 29.9 Å². The molecule has 2 unspecified atom stereocenters. The molecule has 2 heterocycles. The van der Waals surface area contributed by atoms with Gasteiger partial charge in [0.1, 0.15) is 11.8 Å². The summed E-state index contributed by atoms with van der Waals surface area (Å²) in [5.41, 5.74) is -0.118. The molecular formula is C17H15N3O5S2. The fraction of sp³-hybridized carbons (Fsp3) is 0.294. The number of carboxylic acid groups (broad SMARTS) is 1. The van der Waals surface area contributed by atoms with E-state index in [2.05, 4.69) is 5.32 Å². The number of nitriles is 1. The molecule has 0 radical (unpaired) electrons. The molecule has 3 rings (SSSR count). The van der Waals surface area contributed by atoms with Crippen LogP contribution in [0.2, 0.25) is 0 Å². The smallest absolute Gasteiger partial charge is 0.354 e. The second kappa shape index (κ2) is 8.37. The Hall–Kier alpha value is -2.64. The van der Waals surface area contributed by atoms with Gasteiger partial charge in [-0.3, -0.25) is 14.5 Å². The van der Waals surface area contributed by atoms with Crippen LogP contribution in [0, 0.1) is 11.3 Å². The van der Waals surface area contributed by atoms with Crippen molar-refractivity contribution in [1.29, 1.82) is 5.26 Å². The minimum Gasteiger partial charge on any atom is -0.484 e. The molecule has 10 heteroatoms. The highest BCUT2D eigenvalue weighted by Crippen LogP contribution is 2.43. The topological polar surface area (TPSA) is 120 Å². The van der Waals surface area contributed by atoms with Gasteiger partial charge in [0, 0.05) is 5.75 Å². The van der Waals surface area contributed by atoms with Gasteiger partial charge < -0.3 is 15.2 Å². The largest absolute Gasteiger partial charge is 0.484 e. The van der Waals surface area contributed by atoms with E-state index in [9.17, 15) is 19.5 Å². The van der Waals surface area contributed by atoms with E-state index in [4.69, 9.17) is 10.00 Å². The van der Waals surface area contributed by atoms with Crippen molar-refractivity contribution in [3.8, 4) is 11.8 Å². The summed E-state index contributed by atoms with van der Waals surface area (Å²) in [6.07, 6.45) is 0. The van der Waals surface area contributed by atoms with Crippen LogP contribution in [0.1, 0.15) is 0 Å². The zero-order valence-electron chi connectivity index (χ0n) is 14.0. The van der Waals surface area contributed by atoms with Crippen LogP contribution in [0.3, 0.4) is 0 Å². The Labute approximate surface area is 163 Å². The maximum absolute atomic E-state index is 12.4. The van der Waals surface area contributed by atoms with Gasteiger partial charge in [0.25, 0.3) is 11.8 Å². The number of carbonyl (C=O) groups is 3. The zero-order valence-corrected chi connectivity index (χ0v) is 15.6. The predicted octanol–water partition coefficient (Wildman–Crippen LogP) is 1.02. The van der Waals surface area contributed by atoms with Crippen molar-refractivity contribution >= 4 is 41.3 Å². The first-order chi connectivity index (χ1) is 13.0. The lowest BCUT2D eigenvalue weighted by molar-refractivity contribution is -0.153. The minimum atomic E-state index is -1.22. The summed E-state index contributed by atoms with van der Waals surface area (Å²) in [5.74, 6) is -1.06. The molecule has 0 aliphatic carbocycles. The van der Waals surface area contributed by atoms with Crippen LogP contribution in [-0.2, 0) is 14.4 Å². The normalized spacial score (nSPS) is 21.0. The zero-order chi connectivity index (χ0) is 19.4. The lowest BCUT2D eigenvalue weighted by Gasteiger charge is -2.49. The van der Waals surface area contributed by atoms with E-state index in [1.807, 2.05) is 12.1 Å². The van der Waals surface area contributed by atoms with Crippen molar-refractivity contribution in [3.05, 3.63) is 40.3 Å². The number of benzene rings is 1. The quantitative estimate of drug-likeness (QED) is 0.645. The Morgan fingerprint density at radius 3 is 2.81 bits per heavy atom. The second-order valence-corrected chi connectivity index (χ2v) is 7.90. The van der Waals surface area contributed by atoms with E-state index in [0.717, 1.165) is 11.8 Å². The number of carbonyl (C=O) groups excluding carboxylic acids is 2. The summed E-state index contributed by atoms with van der Waals surface area (Å²) in [6, 6.07) is 9.55. The fourth-order valence-corrected chi connectivity index (χ4v) is 4.97. The molecule has 140 valence electrons. The van der Waals surface area contributed by atoms with Crippen LogP contribution in [0.5, 0.6) is 5.75 Å². The highest BCUT2D eigenvalue weighted by molar-refractivity contribution is 8.22. The van der Waals surface area contributed by atoms with Gasteiger partial charge in [-0.15, -0.1) is 23.5 Å². The van der Waals surface area contributed by atoms with Crippen molar-refractivity contribution < 1.29 is 24.2 Å². The van der Waals surface area contributed by atoms with Crippen LogP contribution < -0.4 is 10.1 Å². The molecule has 2 N–H and O–H groups in total. The van der Waals surface area contributed by atoms with Crippen molar-refractivity contribution in [3.63, 3.8) is 0 Å². The van der Waals surface area contributed by atoms with Crippen LogP contribution >= 0.6 is 23.5 Å². The van der Waals surface area contributed by atoms with Crippen LogP contribution in [0.15, 0.2) is 40.3 Å². The first-order valence-corrected chi connectivity index (χ1v) is 9.90. The van der Waals surface area contributed by atoms with Crippen molar-refractivity contribution in [2.24, 2.45) is 0 Å². The van der Waals surface area contributed by atoms with E-state index in [-0.39, 0.29) is 18.1 Å². The summed E-state index contributed by atoms with van der Waals surface area (Å²) in [4.78, 5) is 37.3. The number of β-lactam (4-membered cyclic amide) rings is 1. The van der Waals surface area contributed by atoms with Gasteiger partial charge in [-0.25, -0.2) is 4.79 Å². The fourth-order valence-electron chi connectivity index (χ4n) is 2.76. The number of aliphatic carboxylic acids is 1. The monoisotopic (exact) mass is 405 g/mol. The number of para-hydroxylation sites is 1. The van der Waals surface area contributed by atoms with E-state index in [1.165, 1.54) is 16.7 Å². The average molecular weight is 405 g/mol. The van der Waals surface area contributed by atoms with Gasteiger partial charge >= 0.3 is 5.97 Å². The molecule has 1 aromatic rings. The second-order valence-electron chi connectivity index (χ2n) is 5.62. The molecule has 0 aromatic heterocycles. The molecule has 0 spiro atoms. The Bertz CT molecular complexity index is 837. The Balaban J connectivity index is 1.62. The molecule has 1 fully saturated rings. The third kappa shape index (κ3) is 4.04. The Kier molecular flexibility index (Phi) is 5.93. The number of carboxylic acids is 1. The average Bonchev–Trinajstić information content (AvgIpc) is 2.68. The highest BCUT2D eigenvalue weighted by Gasteiger charge is 2.53. The molecular weight excluding hydrogens is 390 g/mol. The first kappa shape index (κ1) is 19.1. The number of nitrogens with one attached hydrogen (secondary N) is 1. The van der Waals surface area contributed by atoms with Crippen molar-refractivity contribution in [2.45, 2.75) is 12.1 Å². The lowest BCUT2D eigenvalue weighted by Crippen LogP contribution is -2.72. The summed E-state index contributed by atoms with van der Waals surface area (Å²) >= 11 is 2.38. The molecule has 1 saturated heterocycles. The predicted molar refractivity (Wildman–Crippen MR) is 99.7 cm³/mol. The molecule has 2 aliphatic heterocycles. The lowest BCUT2D eigenvalue weighted by atomic mass is 9.95. The molecule has 8 nitrogen and oxygen atoms in total. The van der Waals surface area contributed by atoms with Crippen LogP contribution in [0.4, 0.5) is 0 Å². The number of thioether (sulfide) groups is 2. The van der Waals surface area contributed by atoms with Crippen molar-refractivity contribution in [2.75, 3.05) is 18.1 Å². The summed E-state index contributed by atoms with van der Waals surface area (Å²) in [5, 5.41) is 20.8. The molecule has 2 atom stereocenters. The van der Waals surface area contributed by atoms with Gasteiger partial charge in [-0.05, 0) is 12.1 Å². The van der Waals surface area contributed by atoms with E-state index in [1.54, 1.807) is 24.3 Å². The third-order valence-electron chi connectivity index (χ3n) is 3.94. The maximum Gasteiger partial charge on any atom is 0.354 e. The molecule has 1 aromatic carbocycles. The molecule has 2 amide bonds. The maximum atomic E-state index is 12.4. The van der Waals surface area contributed by atoms with Gasteiger partial charge in [0.2, 0.25) is 0 Å². The van der Waals surface area contributed by atoms with Gasteiger partial charge in [0.15, 0.2) is 12.3 Å². The SMILES string of the molecule is N#CCSC1=C(C(=O)O)N2C(=O)C(NC(=O)COc3ccccc3)C2CS1. The highest BCUT2D eigenvalue weighted by atomic mass is 32.2. The summed E-state index contributed by atoms with van der Waals surface area (Å²) < 4.78 is 5.79. The number of fused-ring (bicyclic) bond motifs is 1. The number of hydrogen-bond donors (Lipinski definition) is 2. The minimum absolute atomic E-state index is 0.1000. The van der Waals surface area contributed by atoms with Crippen molar-refractivity contribution in [1.82, 2.24) is 10.2 Å². The standard InChI is InChI=1S/C17H15N3O5S2/c18-6-7-26-17-14(16(23)24)20-11(9-27-17)13(15(20)22)19-12(21)8-25-10-4-2-1-3-5-10/h1-5,11,13H,7-9H2,(H,19,21)(H,23,24). The summed E-state index contributed by atoms with van der Waals surface area (Å²) in [6.45, 7) is -0.238. The van der Waals surface area contributed by atoms with Gasteiger partial charge in [-0.2, -0.15) is 5.26 Å². The van der Waals surface area contributed by atoms with Gasteiger partial charge in [0.05, 0.1) is 22.1 Å².